The van der Waals surface area contributed by atoms with Gasteiger partial charge in [0, 0.05) is 11.6 Å². The first-order chi connectivity index (χ1) is 9.54. The predicted octanol–water partition coefficient (Wildman–Crippen LogP) is 4.59. The Morgan fingerprint density at radius 2 is 1.55 bits per heavy atom. The van der Waals surface area contributed by atoms with Gasteiger partial charge in [-0.25, -0.2) is 4.98 Å². The molecule has 3 rings (SSSR count). The Morgan fingerprint density at radius 3 is 2.25 bits per heavy atom. The molecule has 3 aromatic rings. The van der Waals surface area contributed by atoms with Crippen molar-refractivity contribution in [3.05, 3.63) is 60.4 Å². The highest BCUT2D eigenvalue weighted by Crippen LogP contribution is 2.25. The molecule has 0 amide bonds. The molecule has 1 heterocycles. The molecule has 20 heavy (non-hydrogen) atoms. The molecule has 0 aliphatic rings. The second kappa shape index (κ2) is 4.71. The van der Waals surface area contributed by atoms with E-state index in [0.29, 0.717) is 0 Å². The first-order valence-corrected chi connectivity index (χ1v) is 6.87. The number of hydrogen-bond acceptors (Lipinski definition) is 2. The van der Waals surface area contributed by atoms with E-state index in [1.54, 1.807) is 0 Å². The van der Waals surface area contributed by atoms with Crippen LogP contribution in [0, 0.1) is 0 Å². The molecule has 0 N–H and O–H groups in total. The third-order valence-corrected chi connectivity index (χ3v) is 3.42. The molecule has 100 valence electrons. The first-order valence-electron chi connectivity index (χ1n) is 6.87. The van der Waals surface area contributed by atoms with Crippen molar-refractivity contribution in [2.75, 3.05) is 0 Å². The summed E-state index contributed by atoms with van der Waals surface area (Å²) in [5, 5.41) is 0. The van der Waals surface area contributed by atoms with E-state index in [4.69, 9.17) is 4.98 Å². The van der Waals surface area contributed by atoms with Crippen molar-refractivity contribution >= 4 is 11.0 Å². The van der Waals surface area contributed by atoms with Crippen LogP contribution in [0.3, 0.4) is 0 Å². The van der Waals surface area contributed by atoms with Crippen LogP contribution in [0.1, 0.15) is 26.5 Å². The molecule has 0 saturated carbocycles. The van der Waals surface area contributed by atoms with Crippen molar-refractivity contribution in [2.24, 2.45) is 0 Å². The maximum absolute atomic E-state index is 4.77. The van der Waals surface area contributed by atoms with E-state index in [1.807, 2.05) is 18.3 Å². The Bertz CT molecular complexity index is 740. The molecule has 0 spiro atoms. The molecule has 0 bridgehead atoms. The quantitative estimate of drug-likeness (QED) is 0.640. The molecule has 2 nitrogen and oxygen atoms in total. The van der Waals surface area contributed by atoms with E-state index in [1.165, 1.54) is 11.1 Å². The lowest BCUT2D eigenvalue weighted by Gasteiger charge is -2.17. The van der Waals surface area contributed by atoms with Crippen molar-refractivity contribution in [1.29, 1.82) is 0 Å². The molecule has 0 atom stereocenters. The van der Waals surface area contributed by atoms with Crippen LogP contribution >= 0.6 is 0 Å². The van der Waals surface area contributed by atoms with Gasteiger partial charge in [-0.15, -0.1) is 0 Å². The van der Waals surface area contributed by atoms with Gasteiger partial charge in [0.1, 0.15) is 0 Å². The van der Waals surface area contributed by atoms with Crippen LogP contribution in [0.5, 0.6) is 0 Å². The Morgan fingerprint density at radius 1 is 0.800 bits per heavy atom. The van der Waals surface area contributed by atoms with Crippen LogP contribution in [0.2, 0.25) is 0 Å². The van der Waals surface area contributed by atoms with Gasteiger partial charge < -0.3 is 0 Å². The summed E-state index contributed by atoms with van der Waals surface area (Å²) in [6, 6.07) is 16.6. The average molecular weight is 262 g/mol. The summed E-state index contributed by atoms with van der Waals surface area (Å²) in [5.74, 6) is 0. The van der Waals surface area contributed by atoms with Crippen LogP contribution in [0.4, 0.5) is 0 Å². The molecule has 0 aliphatic heterocycles. The predicted molar refractivity (Wildman–Crippen MR) is 83.7 cm³/mol. The minimum absolute atomic E-state index is 0.0178. The normalized spacial score (nSPS) is 11.8. The minimum atomic E-state index is 0.0178. The number of aromatic nitrogens is 2. The lowest BCUT2D eigenvalue weighted by Crippen LogP contribution is -2.13. The van der Waals surface area contributed by atoms with Crippen molar-refractivity contribution in [3.8, 4) is 11.1 Å². The monoisotopic (exact) mass is 262 g/mol. The van der Waals surface area contributed by atoms with E-state index >= 15 is 0 Å². The van der Waals surface area contributed by atoms with Crippen LogP contribution in [0.25, 0.3) is 22.2 Å². The largest absolute Gasteiger partial charge is 0.253 e. The molecule has 0 unspecified atom stereocenters. The fraction of sp³-hybridized carbons (Fsp3) is 0.222. The maximum Gasteiger partial charge on any atom is 0.0896 e. The summed E-state index contributed by atoms with van der Waals surface area (Å²) in [7, 11) is 0. The standard InChI is InChI=1S/C18H18N2/c1-18(2,3)17-12-19-15-10-9-14(11-16(15)20-17)13-7-5-4-6-8-13/h4-12H,1-3H3. The summed E-state index contributed by atoms with van der Waals surface area (Å²) in [6.07, 6.45) is 1.88. The zero-order valence-corrected chi connectivity index (χ0v) is 12.1. The van der Waals surface area contributed by atoms with Crippen LogP contribution in [-0.2, 0) is 5.41 Å². The smallest absolute Gasteiger partial charge is 0.0896 e. The molecule has 2 heteroatoms. The number of rotatable bonds is 1. The summed E-state index contributed by atoms with van der Waals surface area (Å²) in [4.78, 5) is 9.29. The van der Waals surface area contributed by atoms with Gasteiger partial charge in [0.25, 0.3) is 0 Å². The number of nitrogens with zero attached hydrogens (tertiary/aromatic N) is 2. The van der Waals surface area contributed by atoms with Gasteiger partial charge in [0.15, 0.2) is 0 Å². The average Bonchev–Trinajstić information content (AvgIpc) is 2.46. The minimum Gasteiger partial charge on any atom is -0.253 e. The van der Waals surface area contributed by atoms with Gasteiger partial charge in [0.2, 0.25) is 0 Å². The third kappa shape index (κ3) is 2.42. The lowest BCUT2D eigenvalue weighted by atomic mass is 9.92. The fourth-order valence-corrected chi connectivity index (χ4v) is 2.18. The van der Waals surface area contributed by atoms with Crippen molar-refractivity contribution < 1.29 is 0 Å². The number of fused-ring (bicyclic) bond motifs is 1. The van der Waals surface area contributed by atoms with Crippen LogP contribution in [-0.4, -0.2) is 9.97 Å². The van der Waals surface area contributed by atoms with E-state index in [0.717, 1.165) is 16.7 Å². The van der Waals surface area contributed by atoms with Gasteiger partial charge in [-0.2, -0.15) is 0 Å². The molecule has 1 aromatic heterocycles. The fourth-order valence-electron chi connectivity index (χ4n) is 2.18. The summed E-state index contributed by atoms with van der Waals surface area (Å²) >= 11 is 0. The SMILES string of the molecule is CC(C)(C)c1cnc2ccc(-c3ccccc3)cc2n1. The van der Waals surface area contributed by atoms with Crippen molar-refractivity contribution in [1.82, 2.24) is 9.97 Å². The highest BCUT2D eigenvalue weighted by atomic mass is 14.8. The maximum atomic E-state index is 4.77. The summed E-state index contributed by atoms with van der Waals surface area (Å²) in [5.41, 5.74) is 5.33. The highest BCUT2D eigenvalue weighted by Gasteiger charge is 2.16. The van der Waals surface area contributed by atoms with E-state index in [-0.39, 0.29) is 5.41 Å². The topological polar surface area (TPSA) is 25.8 Å². The summed E-state index contributed by atoms with van der Waals surface area (Å²) < 4.78 is 0. The Kier molecular flexibility index (Phi) is 3.01. The van der Waals surface area contributed by atoms with Gasteiger partial charge >= 0.3 is 0 Å². The van der Waals surface area contributed by atoms with Gasteiger partial charge in [-0.3, -0.25) is 4.98 Å². The summed E-state index contributed by atoms with van der Waals surface area (Å²) in [6.45, 7) is 6.47. The second-order valence-corrected chi connectivity index (χ2v) is 6.07. The van der Waals surface area contributed by atoms with Crippen molar-refractivity contribution in [2.45, 2.75) is 26.2 Å². The number of benzene rings is 2. The molecule has 0 saturated heterocycles. The molecular weight excluding hydrogens is 244 g/mol. The lowest BCUT2D eigenvalue weighted by molar-refractivity contribution is 0.569. The molecule has 2 aromatic carbocycles. The highest BCUT2D eigenvalue weighted by molar-refractivity contribution is 5.81. The molecule has 0 radical (unpaired) electrons. The van der Waals surface area contributed by atoms with E-state index in [2.05, 4.69) is 62.2 Å². The second-order valence-electron chi connectivity index (χ2n) is 6.07. The molecule has 0 fully saturated rings. The zero-order chi connectivity index (χ0) is 14.2. The first kappa shape index (κ1) is 12.8. The number of hydrogen-bond donors (Lipinski definition) is 0. The van der Waals surface area contributed by atoms with E-state index < -0.39 is 0 Å². The van der Waals surface area contributed by atoms with Gasteiger partial charge in [-0.1, -0.05) is 57.2 Å². The van der Waals surface area contributed by atoms with Crippen LogP contribution < -0.4 is 0 Å². The zero-order valence-electron chi connectivity index (χ0n) is 12.1. The molecule has 0 aliphatic carbocycles. The Labute approximate surface area is 119 Å². The Balaban J connectivity index is 2.14. The Hall–Kier alpha value is -2.22. The van der Waals surface area contributed by atoms with Crippen LogP contribution in [0.15, 0.2) is 54.7 Å². The van der Waals surface area contributed by atoms with E-state index in [9.17, 15) is 0 Å². The van der Waals surface area contributed by atoms with Crippen molar-refractivity contribution in [3.63, 3.8) is 0 Å². The van der Waals surface area contributed by atoms with Gasteiger partial charge in [0.05, 0.1) is 16.7 Å². The molecular formula is C18H18N2. The third-order valence-electron chi connectivity index (χ3n) is 3.42. The van der Waals surface area contributed by atoms with Gasteiger partial charge in [-0.05, 0) is 23.3 Å².